The molecule has 0 radical (unpaired) electrons. The van der Waals surface area contributed by atoms with Gasteiger partial charge in [0.1, 0.15) is 5.82 Å². The minimum absolute atomic E-state index is 0. The molecule has 4 nitrogen and oxygen atoms in total. The third-order valence-electron chi connectivity index (χ3n) is 3.71. The first-order chi connectivity index (χ1) is 10.9. The maximum absolute atomic E-state index is 13.9. The molecule has 0 aliphatic carbocycles. The molecule has 3 N–H and O–H groups in total. The van der Waals surface area contributed by atoms with Crippen molar-refractivity contribution in [2.24, 2.45) is 10.7 Å². The first kappa shape index (κ1) is 20.2. The van der Waals surface area contributed by atoms with E-state index in [2.05, 4.69) is 17.2 Å². The van der Waals surface area contributed by atoms with E-state index in [4.69, 9.17) is 5.73 Å². The second-order valence-corrected chi connectivity index (χ2v) is 5.81. The molecule has 0 aromatic heterocycles. The van der Waals surface area contributed by atoms with Gasteiger partial charge in [-0.2, -0.15) is 0 Å². The van der Waals surface area contributed by atoms with Gasteiger partial charge >= 0.3 is 0 Å². The third kappa shape index (κ3) is 5.36. The molecular formula is C18H24FIN4. The summed E-state index contributed by atoms with van der Waals surface area (Å²) in [4.78, 5) is 5.99. The summed E-state index contributed by atoms with van der Waals surface area (Å²) in [5.74, 6) is 0.0498. The number of anilines is 2. The van der Waals surface area contributed by atoms with Gasteiger partial charge in [-0.15, -0.1) is 24.0 Å². The van der Waals surface area contributed by atoms with Gasteiger partial charge in [0.05, 0.1) is 12.2 Å². The largest absolute Gasteiger partial charge is 0.375 e. The highest BCUT2D eigenvalue weighted by molar-refractivity contribution is 14.0. The summed E-state index contributed by atoms with van der Waals surface area (Å²) in [6, 6.07) is 11.1. The van der Waals surface area contributed by atoms with Crippen molar-refractivity contribution in [1.82, 2.24) is 0 Å². The number of rotatable bonds is 4. The fraction of sp³-hybridized carbons (Fsp3) is 0.278. The molecule has 0 saturated heterocycles. The fourth-order valence-electron chi connectivity index (χ4n) is 2.19. The summed E-state index contributed by atoms with van der Waals surface area (Å²) in [6.45, 7) is 4.43. The zero-order valence-corrected chi connectivity index (χ0v) is 16.8. The maximum Gasteiger partial charge on any atom is 0.193 e. The summed E-state index contributed by atoms with van der Waals surface area (Å²) in [5.41, 5.74) is 10.5. The Morgan fingerprint density at radius 3 is 2.42 bits per heavy atom. The minimum Gasteiger partial charge on any atom is -0.375 e. The Balaban J connectivity index is 0.00000288. The van der Waals surface area contributed by atoms with Gasteiger partial charge in [-0.05, 0) is 54.8 Å². The van der Waals surface area contributed by atoms with Gasteiger partial charge in [-0.1, -0.05) is 12.1 Å². The van der Waals surface area contributed by atoms with Gasteiger partial charge in [0.2, 0.25) is 0 Å². The summed E-state index contributed by atoms with van der Waals surface area (Å²) < 4.78 is 13.9. The number of nitrogens with two attached hydrogens (primary N) is 1. The van der Waals surface area contributed by atoms with Crippen LogP contribution in [-0.4, -0.2) is 20.1 Å². The second kappa shape index (κ2) is 8.86. The van der Waals surface area contributed by atoms with E-state index in [1.165, 1.54) is 17.2 Å². The van der Waals surface area contributed by atoms with Crippen LogP contribution < -0.4 is 16.0 Å². The molecule has 130 valence electrons. The molecule has 0 aliphatic rings. The zero-order chi connectivity index (χ0) is 17.0. The molecule has 2 aromatic rings. The Kier molecular flexibility index (Phi) is 7.47. The number of hydrogen-bond acceptors (Lipinski definition) is 2. The van der Waals surface area contributed by atoms with Crippen molar-refractivity contribution in [3.8, 4) is 0 Å². The lowest BCUT2D eigenvalue weighted by atomic mass is 10.1. The van der Waals surface area contributed by atoms with Crippen LogP contribution in [0.4, 0.5) is 15.8 Å². The lowest BCUT2D eigenvalue weighted by Crippen LogP contribution is -2.22. The number of nitrogens with one attached hydrogen (secondary N) is 1. The third-order valence-corrected chi connectivity index (χ3v) is 3.71. The van der Waals surface area contributed by atoms with Crippen molar-refractivity contribution < 1.29 is 4.39 Å². The quantitative estimate of drug-likeness (QED) is 0.427. The van der Waals surface area contributed by atoms with Crippen molar-refractivity contribution in [3.63, 3.8) is 0 Å². The number of guanidine groups is 1. The van der Waals surface area contributed by atoms with Crippen molar-refractivity contribution in [2.75, 3.05) is 24.3 Å². The Morgan fingerprint density at radius 2 is 1.83 bits per heavy atom. The maximum atomic E-state index is 13.9. The fourth-order valence-corrected chi connectivity index (χ4v) is 2.19. The van der Waals surface area contributed by atoms with Crippen LogP contribution in [0.2, 0.25) is 0 Å². The first-order valence-corrected chi connectivity index (χ1v) is 7.47. The molecule has 0 spiro atoms. The predicted molar refractivity (Wildman–Crippen MR) is 111 cm³/mol. The molecule has 0 saturated carbocycles. The highest BCUT2D eigenvalue weighted by Gasteiger charge is 2.05. The molecule has 0 unspecified atom stereocenters. The molecule has 24 heavy (non-hydrogen) atoms. The number of nitrogens with zero attached hydrogens (tertiary/aromatic N) is 2. The molecular weight excluding hydrogens is 418 g/mol. The lowest BCUT2D eigenvalue weighted by Gasteiger charge is -2.13. The van der Waals surface area contributed by atoms with Crippen LogP contribution in [0.1, 0.15) is 16.7 Å². The Bertz CT molecular complexity index is 729. The van der Waals surface area contributed by atoms with Crippen LogP contribution in [-0.2, 0) is 6.54 Å². The van der Waals surface area contributed by atoms with Crippen molar-refractivity contribution in [1.29, 1.82) is 0 Å². The topological polar surface area (TPSA) is 53.6 Å². The number of hydrogen-bond donors (Lipinski definition) is 2. The van der Waals surface area contributed by atoms with E-state index >= 15 is 0 Å². The van der Waals surface area contributed by atoms with E-state index in [1.54, 1.807) is 11.0 Å². The second-order valence-electron chi connectivity index (χ2n) is 5.81. The van der Waals surface area contributed by atoms with Gasteiger partial charge in [0.25, 0.3) is 0 Å². The van der Waals surface area contributed by atoms with E-state index in [0.29, 0.717) is 18.2 Å². The van der Waals surface area contributed by atoms with Crippen LogP contribution in [0.15, 0.2) is 41.4 Å². The summed E-state index contributed by atoms with van der Waals surface area (Å²) in [6.07, 6.45) is 0. The summed E-state index contributed by atoms with van der Waals surface area (Å²) >= 11 is 0. The van der Waals surface area contributed by atoms with Crippen LogP contribution in [0.5, 0.6) is 0 Å². The summed E-state index contributed by atoms with van der Waals surface area (Å²) in [7, 11) is 3.61. The van der Waals surface area contributed by atoms with Gasteiger partial charge in [0.15, 0.2) is 5.96 Å². The number of benzene rings is 2. The monoisotopic (exact) mass is 442 g/mol. The first-order valence-electron chi connectivity index (χ1n) is 7.47. The van der Waals surface area contributed by atoms with Crippen LogP contribution in [0.25, 0.3) is 0 Å². The van der Waals surface area contributed by atoms with Gasteiger partial charge in [-0.25, -0.2) is 9.38 Å². The molecule has 0 bridgehead atoms. The van der Waals surface area contributed by atoms with Crippen molar-refractivity contribution in [2.45, 2.75) is 20.4 Å². The highest BCUT2D eigenvalue weighted by atomic mass is 127. The van der Waals surface area contributed by atoms with Gasteiger partial charge in [-0.3, -0.25) is 0 Å². The SMILES string of the molecule is Cc1ccc(NC(N)=NCc2ccc(N(C)C)c(F)c2)cc1C.I. The standard InChI is InChI=1S/C18H23FN4.HI/c1-12-5-7-15(9-13(12)2)22-18(20)21-11-14-6-8-17(23(3)4)16(19)10-14;/h5-10H,11H2,1-4H3,(H3,20,21,22);1H. The van der Waals surface area contributed by atoms with E-state index in [9.17, 15) is 4.39 Å². The number of aliphatic imine (C=N–C) groups is 1. The predicted octanol–water partition coefficient (Wildman–Crippen LogP) is 4.05. The zero-order valence-electron chi connectivity index (χ0n) is 14.4. The average molecular weight is 442 g/mol. The van der Waals surface area contributed by atoms with E-state index < -0.39 is 0 Å². The van der Waals surface area contributed by atoms with E-state index in [1.807, 2.05) is 45.3 Å². The molecule has 0 fully saturated rings. The normalized spacial score (nSPS) is 11.0. The molecule has 2 rings (SSSR count). The van der Waals surface area contributed by atoms with E-state index in [-0.39, 0.29) is 29.8 Å². The van der Waals surface area contributed by atoms with Crippen molar-refractivity contribution in [3.05, 3.63) is 58.9 Å². The van der Waals surface area contributed by atoms with Gasteiger partial charge in [0, 0.05) is 19.8 Å². The number of aryl methyl sites for hydroxylation is 2. The molecule has 0 atom stereocenters. The Morgan fingerprint density at radius 1 is 1.12 bits per heavy atom. The van der Waals surface area contributed by atoms with Crippen molar-refractivity contribution >= 4 is 41.3 Å². The smallest absolute Gasteiger partial charge is 0.193 e. The minimum atomic E-state index is -0.261. The molecule has 0 aliphatic heterocycles. The number of halogens is 2. The van der Waals surface area contributed by atoms with Crippen LogP contribution in [0.3, 0.4) is 0 Å². The van der Waals surface area contributed by atoms with Gasteiger partial charge < -0.3 is 16.0 Å². The lowest BCUT2D eigenvalue weighted by molar-refractivity contribution is 0.624. The van der Waals surface area contributed by atoms with E-state index in [0.717, 1.165) is 11.3 Å². The molecule has 2 aromatic carbocycles. The molecule has 6 heteroatoms. The summed E-state index contributed by atoms with van der Waals surface area (Å²) in [5, 5.41) is 3.05. The Hall–Kier alpha value is -1.83. The molecule has 0 amide bonds. The highest BCUT2D eigenvalue weighted by Crippen LogP contribution is 2.19. The van der Waals surface area contributed by atoms with Crippen LogP contribution in [0, 0.1) is 19.7 Å². The van der Waals surface area contributed by atoms with Crippen LogP contribution >= 0.6 is 24.0 Å². The molecule has 0 heterocycles. The Labute approximate surface area is 160 Å². The average Bonchev–Trinajstić information content (AvgIpc) is 2.48.